The maximum Gasteiger partial charge on any atom is 0.115 e. The zero-order valence-corrected chi connectivity index (χ0v) is 7.04. The summed E-state index contributed by atoms with van der Waals surface area (Å²) in [5.41, 5.74) is 0.620. The lowest BCUT2D eigenvalue weighted by Crippen LogP contribution is -1.96. The minimum absolute atomic E-state index is 0.544. The van der Waals surface area contributed by atoms with Crippen molar-refractivity contribution in [3.63, 3.8) is 0 Å². The van der Waals surface area contributed by atoms with Gasteiger partial charge in [0.05, 0.1) is 16.3 Å². The van der Waals surface area contributed by atoms with Gasteiger partial charge < -0.3 is 5.11 Å². The second-order valence-electron chi connectivity index (χ2n) is 1.93. The van der Waals surface area contributed by atoms with Crippen LogP contribution in [-0.2, 0) is 0 Å². The Labute approximate surface area is 67.3 Å². The highest BCUT2D eigenvalue weighted by Crippen LogP contribution is 2.18. The van der Waals surface area contributed by atoms with Crippen molar-refractivity contribution in [2.75, 3.05) is 0 Å². The topological polar surface area (TPSA) is 46.0 Å². The summed E-state index contributed by atoms with van der Waals surface area (Å²) < 4.78 is 0.741. The first-order chi connectivity index (χ1) is 4.72. The van der Waals surface area contributed by atoms with E-state index < -0.39 is 6.10 Å². The Kier molecular flexibility index (Phi) is 2.34. The lowest BCUT2D eigenvalue weighted by atomic mass is 10.3. The molecule has 0 saturated heterocycles. The van der Waals surface area contributed by atoms with Crippen LogP contribution in [0.1, 0.15) is 18.7 Å². The van der Waals surface area contributed by atoms with Gasteiger partial charge in [0.25, 0.3) is 0 Å². The SMILES string of the molecule is C[C@@H](O)c1ncncc1Br. The van der Waals surface area contributed by atoms with Crippen LogP contribution in [-0.4, -0.2) is 15.1 Å². The van der Waals surface area contributed by atoms with Gasteiger partial charge in [-0.05, 0) is 22.9 Å². The Bertz CT molecular complexity index is 227. The first-order valence-corrected chi connectivity index (χ1v) is 3.64. The zero-order chi connectivity index (χ0) is 7.56. The van der Waals surface area contributed by atoms with Crippen LogP contribution < -0.4 is 0 Å². The Balaban J connectivity index is 3.03. The average Bonchev–Trinajstić information content (AvgIpc) is 1.88. The molecule has 3 nitrogen and oxygen atoms in total. The van der Waals surface area contributed by atoms with Crippen LogP contribution in [0, 0.1) is 0 Å². The molecule has 1 atom stereocenters. The summed E-state index contributed by atoms with van der Waals surface area (Å²) >= 11 is 3.21. The molecule has 0 bridgehead atoms. The molecular weight excluding hydrogens is 196 g/mol. The maximum absolute atomic E-state index is 9.08. The van der Waals surface area contributed by atoms with Crippen molar-refractivity contribution in [3.8, 4) is 0 Å². The molecule has 0 aliphatic rings. The van der Waals surface area contributed by atoms with Crippen molar-refractivity contribution >= 4 is 15.9 Å². The van der Waals surface area contributed by atoms with Crippen molar-refractivity contribution in [1.82, 2.24) is 9.97 Å². The number of hydrogen-bond donors (Lipinski definition) is 1. The van der Waals surface area contributed by atoms with Crippen LogP contribution in [0.15, 0.2) is 17.0 Å². The predicted molar refractivity (Wildman–Crippen MR) is 40.4 cm³/mol. The summed E-state index contributed by atoms with van der Waals surface area (Å²) in [6, 6.07) is 0. The summed E-state index contributed by atoms with van der Waals surface area (Å²) in [6.45, 7) is 1.66. The average molecular weight is 203 g/mol. The minimum Gasteiger partial charge on any atom is -0.387 e. The molecule has 0 saturated carbocycles. The monoisotopic (exact) mass is 202 g/mol. The van der Waals surface area contributed by atoms with Crippen LogP contribution >= 0.6 is 15.9 Å². The molecular formula is C6H7BrN2O. The van der Waals surface area contributed by atoms with E-state index in [1.807, 2.05) is 0 Å². The van der Waals surface area contributed by atoms with Gasteiger partial charge in [-0.3, -0.25) is 0 Å². The lowest BCUT2D eigenvalue weighted by Gasteiger charge is -2.03. The van der Waals surface area contributed by atoms with Crippen molar-refractivity contribution in [2.24, 2.45) is 0 Å². The van der Waals surface area contributed by atoms with Gasteiger partial charge in [-0.15, -0.1) is 0 Å². The van der Waals surface area contributed by atoms with Gasteiger partial charge in [-0.2, -0.15) is 0 Å². The van der Waals surface area contributed by atoms with Gasteiger partial charge in [-0.25, -0.2) is 9.97 Å². The molecule has 0 aliphatic carbocycles. The molecule has 1 aromatic rings. The molecule has 0 spiro atoms. The maximum atomic E-state index is 9.08. The molecule has 0 radical (unpaired) electrons. The summed E-state index contributed by atoms with van der Waals surface area (Å²) in [5.74, 6) is 0. The highest BCUT2D eigenvalue weighted by molar-refractivity contribution is 9.10. The van der Waals surface area contributed by atoms with E-state index in [1.165, 1.54) is 6.33 Å². The highest BCUT2D eigenvalue weighted by Gasteiger charge is 2.05. The Morgan fingerprint density at radius 3 is 2.80 bits per heavy atom. The van der Waals surface area contributed by atoms with Crippen molar-refractivity contribution in [3.05, 3.63) is 22.7 Å². The van der Waals surface area contributed by atoms with Gasteiger partial charge in [0.2, 0.25) is 0 Å². The summed E-state index contributed by atoms with van der Waals surface area (Å²) in [7, 11) is 0. The molecule has 1 heterocycles. The van der Waals surface area contributed by atoms with Crippen molar-refractivity contribution in [2.45, 2.75) is 13.0 Å². The molecule has 1 aromatic heterocycles. The fourth-order valence-corrected chi connectivity index (χ4v) is 1.18. The van der Waals surface area contributed by atoms with E-state index in [4.69, 9.17) is 5.11 Å². The lowest BCUT2D eigenvalue weighted by molar-refractivity contribution is 0.193. The van der Waals surface area contributed by atoms with Crippen LogP contribution in [0.2, 0.25) is 0 Å². The molecule has 54 valence electrons. The Morgan fingerprint density at radius 2 is 2.40 bits per heavy atom. The van der Waals surface area contributed by atoms with Gasteiger partial charge in [-0.1, -0.05) is 0 Å². The zero-order valence-electron chi connectivity index (χ0n) is 5.45. The van der Waals surface area contributed by atoms with E-state index in [0.29, 0.717) is 5.69 Å². The van der Waals surface area contributed by atoms with E-state index in [-0.39, 0.29) is 0 Å². The molecule has 0 fully saturated rings. The quantitative estimate of drug-likeness (QED) is 0.747. The third kappa shape index (κ3) is 1.52. The van der Waals surface area contributed by atoms with Crippen molar-refractivity contribution in [1.29, 1.82) is 0 Å². The molecule has 10 heavy (non-hydrogen) atoms. The normalized spacial score (nSPS) is 13.1. The van der Waals surface area contributed by atoms with Crippen LogP contribution in [0.3, 0.4) is 0 Å². The van der Waals surface area contributed by atoms with Gasteiger partial charge in [0.1, 0.15) is 6.33 Å². The second-order valence-corrected chi connectivity index (χ2v) is 2.79. The van der Waals surface area contributed by atoms with Gasteiger partial charge >= 0.3 is 0 Å². The van der Waals surface area contributed by atoms with Crippen LogP contribution in [0.5, 0.6) is 0 Å². The fraction of sp³-hybridized carbons (Fsp3) is 0.333. The summed E-state index contributed by atoms with van der Waals surface area (Å²) in [5, 5.41) is 9.08. The van der Waals surface area contributed by atoms with E-state index >= 15 is 0 Å². The molecule has 0 aromatic carbocycles. The van der Waals surface area contributed by atoms with E-state index in [0.717, 1.165) is 4.47 Å². The third-order valence-corrected chi connectivity index (χ3v) is 1.70. The summed E-state index contributed by atoms with van der Waals surface area (Å²) in [6.07, 6.45) is 2.47. The molecule has 0 amide bonds. The number of rotatable bonds is 1. The molecule has 4 heteroatoms. The van der Waals surface area contributed by atoms with Crippen LogP contribution in [0.25, 0.3) is 0 Å². The number of hydrogen-bond acceptors (Lipinski definition) is 3. The minimum atomic E-state index is -0.544. The summed E-state index contributed by atoms with van der Waals surface area (Å²) in [4.78, 5) is 7.63. The number of nitrogens with zero attached hydrogens (tertiary/aromatic N) is 2. The number of aliphatic hydroxyl groups is 1. The third-order valence-electron chi connectivity index (χ3n) is 1.09. The molecule has 1 rings (SSSR count). The molecule has 0 unspecified atom stereocenters. The Morgan fingerprint density at radius 1 is 1.70 bits per heavy atom. The van der Waals surface area contributed by atoms with Crippen LogP contribution in [0.4, 0.5) is 0 Å². The van der Waals surface area contributed by atoms with Gasteiger partial charge in [0.15, 0.2) is 0 Å². The first kappa shape index (κ1) is 7.63. The van der Waals surface area contributed by atoms with E-state index in [9.17, 15) is 0 Å². The largest absolute Gasteiger partial charge is 0.387 e. The number of aliphatic hydroxyl groups excluding tert-OH is 1. The van der Waals surface area contributed by atoms with E-state index in [1.54, 1.807) is 13.1 Å². The first-order valence-electron chi connectivity index (χ1n) is 2.85. The van der Waals surface area contributed by atoms with Crippen molar-refractivity contribution < 1.29 is 5.11 Å². The second kappa shape index (κ2) is 3.07. The van der Waals surface area contributed by atoms with E-state index in [2.05, 4.69) is 25.9 Å². The smallest absolute Gasteiger partial charge is 0.115 e. The molecule has 0 aliphatic heterocycles. The number of halogens is 1. The Hall–Kier alpha value is -0.480. The number of aromatic nitrogens is 2. The van der Waals surface area contributed by atoms with Gasteiger partial charge in [0, 0.05) is 6.20 Å². The molecule has 1 N–H and O–H groups in total. The fourth-order valence-electron chi connectivity index (χ4n) is 0.630. The standard InChI is InChI=1S/C6H7BrN2O/c1-4(10)6-5(7)2-8-3-9-6/h2-4,10H,1H3/t4-/m1/s1. The predicted octanol–water partition coefficient (Wildman–Crippen LogP) is 1.29. The highest BCUT2D eigenvalue weighted by atomic mass is 79.9.